The summed E-state index contributed by atoms with van der Waals surface area (Å²) in [4.78, 5) is 19.0. The Morgan fingerprint density at radius 3 is 3.13 bits per heavy atom. The molecule has 6 heteroatoms. The number of hydrogen-bond acceptors (Lipinski definition) is 4. The number of hydrogen-bond donors (Lipinski definition) is 1. The van der Waals surface area contributed by atoms with Crippen LogP contribution in [0, 0.1) is 0 Å². The van der Waals surface area contributed by atoms with Gasteiger partial charge in [-0.15, -0.1) is 0 Å². The van der Waals surface area contributed by atoms with Crippen LogP contribution in [0.4, 0.5) is 10.6 Å². The second-order valence-electron chi connectivity index (χ2n) is 3.23. The molecule has 1 aromatic rings. The molecule has 0 aliphatic carbocycles. The molecule has 0 radical (unpaired) electrons. The van der Waals surface area contributed by atoms with E-state index in [2.05, 4.69) is 15.3 Å². The highest BCUT2D eigenvalue weighted by Crippen LogP contribution is 2.35. The third-order valence-corrected chi connectivity index (χ3v) is 2.48. The third-order valence-electron chi connectivity index (χ3n) is 2.18. The fourth-order valence-corrected chi connectivity index (χ4v) is 1.79. The second-order valence-corrected chi connectivity index (χ2v) is 3.59. The summed E-state index contributed by atoms with van der Waals surface area (Å²) in [6, 6.07) is 0. The van der Waals surface area contributed by atoms with Gasteiger partial charge in [-0.1, -0.05) is 24.9 Å². The molecule has 2 heterocycles. The molecule has 1 amide bonds. The molecule has 1 aliphatic rings. The van der Waals surface area contributed by atoms with E-state index >= 15 is 0 Å². The molecule has 0 fully saturated rings. The average Bonchev–Trinajstić information content (AvgIpc) is 2.17. The van der Waals surface area contributed by atoms with Crippen molar-refractivity contribution in [2.45, 2.75) is 25.9 Å². The van der Waals surface area contributed by atoms with Gasteiger partial charge in [0.05, 0.1) is 5.56 Å². The van der Waals surface area contributed by atoms with Crippen molar-refractivity contribution in [2.75, 3.05) is 5.32 Å². The van der Waals surface area contributed by atoms with Gasteiger partial charge in [0, 0.05) is 0 Å². The lowest BCUT2D eigenvalue weighted by molar-refractivity contribution is 0.0997. The predicted molar refractivity (Wildman–Crippen MR) is 54.8 cm³/mol. The third kappa shape index (κ3) is 1.87. The quantitative estimate of drug-likeness (QED) is 0.789. The molecule has 1 aliphatic heterocycles. The van der Waals surface area contributed by atoms with Gasteiger partial charge in [0.1, 0.15) is 23.4 Å². The number of carbonyl (C=O) groups excluding carboxylic acids is 1. The predicted octanol–water partition coefficient (Wildman–Crippen LogP) is 2.53. The van der Waals surface area contributed by atoms with E-state index in [0.29, 0.717) is 23.0 Å². The standard InChI is InChI=1S/C9H10ClN3O2/c1-2-3-5-6-7(10)11-4-12-8(6)13-9(14)15-5/h4-5H,2-3H2,1H3,(H,11,12,13,14). The van der Waals surface area contributed by atoms with Gasteiger partial charge in [0.25, 0.3) is 0 Å². The minimum atomic E-state index is -0.490. The van der Waals surface area contributed by atoms with E-state index in [9.17, 15) is 4.79 Å². The minimum absolute atomic E-state index is 0.332. The Kier molecular flexibility index (Phi) is 2.73. The molecule has 0 bridgehead atoms. The summed E-state index contributed by atoms with van der Waals surface area (Å²) in [5, 5.41) is 2.82. The van der Waals surface area contributed by atoms with Gasteiger partial charge in [-0.2, -0.15) is 0 Å². The molecule has 1 atom stereocenters. The van der Waals surface area contributed by atoms with Gasteiger partial charge in [-0.05, 0) is 6.42 Å². The van der Waals surface area contributed by atoms with Crippen molar-refractivity contribution in [1.82, 2.24) is 9.97 Å². The summed E-state index contributed by atoms with van der Waals surface area (Å²) in [5.74, 6) is 0.449. The van der Waals surface area contributed by atoms with E-state index in [0.717, 1.165) is 6.42 Å². The van der Waals surface area contributed by atoms with Crippen molar-refractivity contribution in [2.24, 2.45) is 0 Å². The number of anilines is 1. The van der Waals surface area contributed by atoms with Gasteiger partial charge < -0.3 is 4.74 Å². The molecule has 1 N–H and O–H groups in total. The lowest BCUT2D eigenvalue weighted by Gasteiger charge is -2.25. The molecule has 0 aromatic carbocycles. The molecule has 1 unspecified atom stereocenters. The molecule has 2 rings (SSSR count). The van der Waals surface area contributed by atoms with Crippen molar-refractivity contribution < 1.29 is 9.53 Å². The van der Waals surface area contributed by atoms with E-state index in [4.69, 9.17) is 16.3 Å². The zero-order valence-corrected chi connectivity index (χ0v) is 8.91. The van der Waals surface area contributed by atoms with E-state index in [1.807, 2.05) is 6.92 Å². The van der Waals surface area contributed by atoms with Crippen molar-refractivity contribution in [3.05, 3.63) is 17.0 Å². The molecule has 15 heavy (non-hydrogen) atoms. The highest BCUT2D eigenvalue weighted by Gasteiger charge is 2.29. The molecule has 0 saturated carbocycles. The molecular weight excluding hydrogens is 218 g/mol. The molecule has 80 valence electrons. The Labute approximate surface area is 91.8 Å². The first kappa shape index (κ1) is 10.2. The van der Waals surface area contributed by atoms with Crippen molar-refractivity contribution in [3.8, 4) is 0 Å². The monoisotopic (exact) mass is 227 g/mol. The summed E-state index contributed by atoms with van der Waals surface area (Å²) in [7, 11) is 0. The number of fused-ring (bicyclic) bond motifs is 1. The lowest BCUT2D eigenvalue weighted by Crippen LogP contribution is -2.26. The SMILES string of the molecule is CCCC1OC(=O)Nc2ncnc(Cl)c21. The number of amides is 1. The van der Waals surface area contributed by atoms with Crippen LogP contribution in [0.3, 0.4) is 0 Å². The fraction of sp³-hybridized carbons (Fsp3) is 0.444. The van der Waals surface area contributed by atoms with Gasteiger partial charge in [-0.25, -0.2) is 14.8 Å². The van der Waals surface area contributed by atoms with Crippen LogP contribution >= 0.6 is 11.6 Å². The number of ether oxygens (including phenoxy) is 1. The minimum Gasteiger partial charge on any atom is -0.441 e. The number of nitrogens with zero attached hydrogens (tertiary/aromatic N) is 2. The summed E-state index contributed by atoms with van der Waals surface area (Å²) in [5.41, 5.74) is 0.667. The van der Waals surface area contributed by atoms with Crippen LogP contribution in [0.5, 0.6) is 0 Å². The average molecular weight is 228 g/mol. The number of aromatic nitrogens is 2. The second kappa shape index (κ2) is 4.02. The van der Waals surface area contributed by atoms with Gasteiger partial charge in [-0.3, -0.25) is 5.32 Å². The highest BCUT2D eigenvalue weighted by molar-refractivity contribution is 6.30. The van der Waals surface area contributed by atoms with Crippen LogP contribution in [0.25, 0.3) is 0 Å². The number of carbonyl (C=O) groups is 1. The lowest BCUT2D eigenvalue weighted by atomic mass is 10.1. The van der Waals surface area contributed by atoms with Crippen LogP contribution in [0.15, 0.2) is 6.33 Å². The molecule has 5 nitrogen and oxygen atoms in total. The zero-order chi connectivity index (χ0) is 10.8. The van der Waals surface area contributed by atoms with Crippen molar-refractivity contribution >= 4 is 23.5 Å². The topological polar surface area (TPSA) is 64.1 Å². The maximum Gasteiger partial charge on any atom is 0.413 e. The largest absolute Gasteiger partial charge is 0.441 e. The van der Waals surface area contributed by atoms with E-state index in [1.54, 1.807) is 0 Å². The Morgan fingerprint density at radius 2 is 2.40 bits per heavy atom. The van der Waals surface area contributed by atoms with Crippen molar-refractivity contribution in [3.63, 3.8) is 0 Å². The molecule has 1 aromatic heterocycles. The fourth-order valence-electron chi connectivity index (χ4n) is 1.54. The summed E-state index contributed by atoms with van der Waals surface area (Å²) in [6.45, 7) is 2.01. The maximum atomic E-state index is 11.2. The number of halogens is 1. The zero-order valence-electron chi connectivity index (χ0n) is 8.16. The first-order chi connectivity index (χ1) is 7.22. The van der Waals surface area contributed by atoms with Crippen molar-refractivity contribution in [1.29, 1.82) is 0 Å². The first-order valence-electron chi connectivity index (χ1n) is 4.70. The van der Waals surface area contributed by atoms with E-state index in [1.165, 1.54) is 6.33 Å². The smallest absolute Gasteiger partial charge is 0.413 e. The van der Waals surface area contributed by atoms with Crippen LogP contribution in [0.1, 0.15) is 31.4 Å². The first-order valence-corrected chi connectivity index (χ1v) is 5.08. The maximum absolute atomic E-state index is 11.2. The molecular formula is C9H10ClN3O2. The number of cyclic esters (lactones) is 1. The number of rotatable bonds is 2. The van der Waals surface area contributed by atoms with Crippen LogP contribution in [-0.2, 0) is 4.74 Å². The van der Waals surface area contributed by atoms with E-state index in [-0.39, 0.29) is 6.10 Å². The Morgan fingerprint density at radius 1 is 1.60 bits per heavy atom. The number of nitrogens with one attached hydrogen (secondary N) is 1. The molecule has 0 spiro atoms. The normalized spacial score (nSPS) is 19.1. The molecule has 0 saturated heterocycles. The Bertz CT molecular complexity index is 397. The Balaban J connectivity index is 2.42. The van der Waals surface area contributed by atoms with Crippen LogP contribution in [-0.4, -0.2) is 16.1 Å². The van der Waals surface area contributed by atoms with Gasteiger partial charge >= 0.3 is 6.09 Å². The highest BCUT2D eigenvalue weighted by atomic mass is 35.5. The van der Waals surface area contributed by atoms with E-state index < -0.39 is 6.09 Å². The van der Waals surface area contributed by atoms with Gasteiger partial charge in [0.15, 0.2) is 0 Å². The summed E-state index contributed by atoms with van der Waals surface area (Å²) >= 11 is 5.94. The van der Waals surface area contributed by atoms with Crippen LogP contribution in [0.2, 0.25) is 5.15 Å². The Hall–Kier alpha value is -1.36. The summed E-state index contributed by atoms with van der Waals surface area (Å²) in [6.07, 6.45) is 2.09. The van der Waals surface area contributed by atoms with Crippen LogP contribution < -0.4 is 5.32 Å². The van der Waals surface area contributed by atoms with Gasteiger partial charge in [0.2, 0.25) is 0 Å². The summed E-state index contributed by atoms with van der Waals surface area (Å²) < 4.78 is 5.12.